The van der Waals surface area contributed by atoms with E-state index >= 15 is 0 Å². The number of halogens is 2. The highest BCUT2D eigenvalue weighted by Gasteiger charge is 2.35. The van der Waals surface area contributed by atoms with Gasteiger partial charge in [0.05, 0.1) is 5.60 Å². The highest BCUT2D eigenvalue weighted by molar-refractivity contribution is 6.31. The molecular weight excluding hydrogens is 355 g/mol. The Morgan fingerprint density at radius 2 is 1.68 bits per heavy atom. The molecule has 1 heterocycles. The van der Waals surface area contributed by atoms with Crippen molar-refractivity contribution in [3.05, 3.63) is 69.7 Å². The maximum absolute atomic E-state index is 11.0. The Bertz CT molecular complexity index is 751. The summed E-state index contributed by atoms with van der Waals surface area (Å²) < 4.78 is 0. The normalized spacial score (nSPS) is 17.9. The van der Waals surface area contributed by atoms with Crippen molar-refractivity contribution in [1.82, 2.24) is 4.90 Å². The lowest BCUT2D eigenvalue weighted by Crippen LogP contribution is -2.42. The van der Waals surface area contributed by atoms with Crippen LogP contribution in [0.2, 0.25) is 10.0 Å². The van der Waals surface area contributed by atoms with Gasteiger partial charge in [0.25, 0.3) is 0 Å². The molecule has 0 aromatic heterocycles. The number of aliphatic hydroxyl groups is 1. The van der Waals surface area contributed by atoms with Gasteiger partial charge in [-0.25, -0.2) is 0 Å². The maximum Gasteiger partial charge on any atom is 0.0941 e. The predicted molar refractivity (Wildman–Crippen MR) is 106 cm³/mol. The fourth-order valence-electron chi connectivity index (χ4n) is 3.22. The number of nitrogens with two attached hydrogens (primary N) is 1. The SMILES string of the molecule is Nc1ccc(Cl)cc1C1(O)CCN(C/C=C/c2ccc(Cl)cc2)CC1. The highest BCUT2D eigenvalue weighted by atomic mass is 35.5. The zero-order valence-corrected chi connectivity index (χ0v) is 15.5. The fourth-order valence-corrected chi connectivity index (χ4v) is 3.52. The summed E-state index contributed by atoms with van der Waals surface area (Å²) in [5, 5.41) is 12.3. The van der Waals surface area contributed by atoms with Crippen LogP contribution in [-0.2, 0) is 5.60 Å². The van der Waals surface area contributed by atoms with Crippen LogP contribution in [0.5, 0.6) is 0 Å². The Balaban J connectivity index is 1.58. The average Bonchev–Trinajstić information content (AvgIpc) is 2.60. The minimum absolute atomic E-state index is 0.600. The van der Waals surface area contributed by atoms with Crippen LogP contribution >= 0.6 is 23.2 Å². The third-order valence-electron chi connectivity index (χ3n) is 4.74. The molecule has 3 rings (SSSR count). The average molecular weight is 377 g/mol. The molecule has 1 aliphatic rings. The van der Waals surface area contributed by atoms with Crippen molar-refractivity contribution in [2.24, 2.45) is 0 Å². The lowest BCUT2D eigenvalue weighted by atomic mass is 9.83. The van der Waals surface area contributed by atoms with Gasteiger partial charge >= 0.3 is 0 Å². The van der Waals surface area contributed by atoms with E-state index in [-0.39, 0.29) is 0 Å². The van der Waals surface area contributed by atoms with E-state index in [1.165, 1.54) is 0 Å². The second kappa shape index (κ2) is 7.79. The first-order valence-corrected chi connectivity index (χ1v) is 9.14. The molecule has 1 saturated heterocycles. The van der Waals surface area contributed by atoms with Gasteiger partial charge in [0, 0.05) is 40.9 Å². The van der Waals surface area contributed by atoms with Crippen LogP contribution in [0.15, 0.2) is 48.5 Å². The van der Waals surface area contributed by atoms with E-state index in [1.807, 2.05) is 24.3 Å². The van der Waals surface area contributed by atoms with Crippen LogP contribution < -0.4 is 5.73 Å². The molecule has 1 aliphatic heterocycles. The number of benzene rings is 2. The van der Waals surface area contributed by atoms with E-state index in [1.54, 1.807) is 18.2 Å². The molecule has 2 aromatic carbocycles. The molecule has 0 aliphatic carbocycles. The van der Waals surface area contributed by atoms with Crippen LogP contribution in [-0.4, -0.2) is 29.6 Å². The number of nitrogen functional groups attached to an aromatic ring is 1. The topological polar surface area (TPSA) is 49.5 Å². The van der Waals surface area contributed by atoms with E-state index in [4.69, 9.17) is 28.9 Å². The van der Waals surface area contributed by atoms with Crippen molar-refractivity contribution in [2.45, 2.75) is 18.4 Å². The van der Waals surface area contributed by atoms with Crippen LogP contribution in [0.25, 0.3) is 6.08 Å². The third-order valence-corrected chi connectivity index (χ3v) is 5.23. The molecule has 0 atom stereocenters. The molecule has 1 fully saturated rings. The Hall–Kier alpha value is -1.52. The molecular formula is C20H22Cl2N2O. The minimum atomic E-state index is -0.897. The van der Waals surface area contributed by atoms with Crippen LogP contribution in [0, 0.1) is 0 Å². The van der Waals surface area contributed by atoms with Gasteiger partial charge in [-0.15, -0.1) is 0 Å². The second-order valence-electron chi connectivity index (χ2n) is 6.52. The van der Waals surface area contributed by atoms with Crippen LogP contribution in [0.4, 0.5) is 5.69 Å². The summed E-state index contributed by atoms with van der Waals surface area (Å²) in [5.41, 5.74) is 7.62. The van der Waals surface area contributed by atoms with Gasteiger partial charge in [0.15, 0.2) is 0 Å². The van der Waals surface area contributed by atoms with Crippen molar-refractivity contribution < 1.29 is 5.11 Å². The number of piperidine rings is 1. The molecule has 3 N–H and O–H groups in total. The first kappa shape index (κ1) is 18.3. The summed E-state index contributed by atoms with van der Waals surface area (Å²) in [4.78, 5) is 2.32. The van der Waals surface area contributed by atoms with Gasteiger partial charge < -0.3 is 10.8 Å². The van der Waals surface area contributed by atoms with Crippen LogP contribution in [0.1, 0.15) is 24.0 Å². The maximum atomic E-state index is 11.0. The number of nitrogens with zero attached hydrogens (tertiary/aromatic N) is 1. The molecule has 132 valence electrons. The zero-order valence-electron chi connectivity index (χ0n) is 14.0. The molecule has 0 spiro atoms. The molecule has 0 amide bonds. The van der Waals surface area contributed by atoms with E-state index in [9.17, 15) is 5.11 Å². The monoisotopic (exact) mass is 376 g/mol. The van der Waals surface area contributed by atoms with Gasteiger partial charge in [-0.1, -0.05) is 47.5 Å². The number of anilines is 1. The molecule has 3 nitrogen and oxygen atoms in total. The van der Waals surface area contributed by atoms with Crippen molar-refractivity contribution in [2.75, 3.05) is 25.4 Å². The van der Waals surface area contributed by atoms with Gasteiger partial charge in [-0.2, -0.15) is 0 Å². The Morgan fingerprint density at radius 3 is 2.36 bits per heavy atom. The molecule has 25 heavy (non-hydrogen) atoms. The summed E-state index contributed by atoms with van der Waals surface area (Å²) in [6.07, 6.45) is 5.52. The highest BCUT2D eigenvalue weighted by Crippen LogP contribution is 2.37. The number of hydrogen-bond acceptors (Lipinski definition) is 3. The summed E-state index contributed by atoms with van der Waals surface area (Å²) >= 11 is 12.0. The molecule has 2 aromatic rings. The summed E-state index contributed by atoms with van der Waals surface area (Å²) in [7, 11) is 0. The first-order valence-electron chi connectivity index (χ1n) is 8.39. The fraction of sp³-hybridized carbons (Fsp3) is 0.300. The van der Waals surface area contributed by atoms with Crippen molar-refractivity contribution in [1.29, 1.82) is 0 Å². The minimum Gasteiger partial charge on any atom is -0.398 e. The Labute approximate surface area is 158 Å². The Kier molecular flexibility index (Phi) is 5.70. The van der Waals surface area contributed by atoms with Gasteiger partial charge in [0.2, 0.25) is 0 Å². The smallest absolute Gasteiger partial charge is 0.0941 e. The molecule has 0 bridgehead atoms. The van der Waals surface area contributed by atoms with Gasteiger partial charge in [0.1, 0.15) is 0 Å². The van der Waals surface area contributed by atoms with Crippen molar-refractivity contribution in [3.8, 4) is 0 Å². The van der Waals surface area contributed by atoms with E-state index < -0.39 is 5.60 Å². The standard InChI is InChI=1S/C20H22Cl2N2O/c21-16-5-3-15(4-6-16)2-1-11-24-12-9-20(25,10-13-24)18-14-17(22)7-8-19(18)23/h1-8,14,25H,9-13,23H2/b2-1+. The quantitative estimate of drug-likeness (QED) is 0.768. The number of rotatable bonds is 4. The number of hydrogen-bond donors (Lipinski definition) is 2. The summed E-state index contributed by atoms with van der Waals surface area (Å²) in [6.45, 7) is 2.48. The lowest BCUT2D eigenvalue weighted by Gasteiger charge is -2.38. The Morgan fingerprint density at radius 1 is 1.04 bits per heavy atom. The largest absolute Gasteiger partial charge is 0.398 e. The predicted octanol–water partition coefficient (Wildman–Crippen LogP) is 4.57. The zero-order chi connectivity index (χ0) is 17.9. The van der Waals surface area contributed by atoms with E-state index in [0.29, 0.717) is 23.6 Å². The van der Waals surface area contributed by atoms with Crippen molar-refractivity contribution >= 4 is 35.0 Å². The van der Waals surface area contributed by atoms with E-state index in [2.05, 4.69) is 17.1 Å². The summed E-state index contributed by atoms with van der Waals surface area (Å²) in [6, 6.07) is 13.1. The summed E-state index contributed by atoms with van der Waals surface area (Å²) in [5.74, 6) is 0. The molecule has 0 saturated carbocycles. The molecule has 0 radical (unpaired) electrons. The lowest BCUT2D eigenvalue weighted by molar-refractivity contribution is -0.0227. The third kappa shape index (κ3) is 4.56. The number of likely N-dealkylation sites (tertiary alicyclic amines) is 1. The van der Waals surface area contributed by atoms with Crippen molar-refractivity contribution in [3.63, 3.8) is 0 Å². The molecule has 0 unspecified atom stereocenters. The van der Waals surface area contributed by atoms with Gasteiger partial charge in [-0.05, 0) is 48.7 Å². The van der Waals surface area contributed by atoms with Gasteiger partial charge in [-0.3, -0.25) is 4.90 Å². The van der Waals surface area contributed by atoms with Crippen LogP contribution in [0.3, 0.4) is 0 Å². The first-order chi connectivity index (χ1) is 12.0. The molecule has 5 heteroatoms. The second-order valence-corrected chi connectivity index (χ2v) is 7.39. The van der Waals surface area contributed by atoms with E-state index in [0.717, 1.165) is 35.8 Å².